The van der Waals surface area contributed by atoms with Crippen LogP contribution in [0, 0.1) is 19.8 Å². The van der Waals surface area contributed by atoms with Crippen LogP contribution in [0.5, 0.6) is 5.75 Å². The minimum atomic E-state index is -0.0379. The standard InChI is InChI=1S/C26H28N2O3/c1-16-11-21-14-22(15-27-26(29)18-7-9-30-10-8-18)31-25(21)23(12-16)19-5-6-24-20(13-19)4-3-17(2)28-24/h3-6,11-13,18,22H,7-10,14-15H2,1-2H3,(H,27,29)/t22-/m0/s1. The van der Waals surface area contributed by atoms with Gasteiger partial charge < -0.3 is 14.8 Å². The maximum atomic E-state index is 12.5. The number of nitrogens with one attached hydrogen (secondary N) is 1. The van der Waals surface area contributed by atoms with Gasteiger partial charge in [0.1, 0.15) is 11.9 Å². The number of nitrogens with zero attached hydrogens (tertiary/aromatic N) is 1. The molecule has 160 valence electrons. The lowest BCUT2D eigenvalue weighted by Gasteiger charge is -2.22. The summed E-state index contributed by atoms with van der Waals surface area (Å²) in [5.74, 6) is 1.12. The third-order valence-electron chi connectivity index (χ3n) is 6.28. The summed E-state index contributed by atoms with van der Waals surface area (Å²) < 4.78 is 11.7. The molecule has 3 heterocycles. The molecule has 3 aromatic rings. The van der Waals surface area contributed by atoms with Crippen molar-refractivity contribution in [2.45, 2.75) is 39.2 Å². The maximum Gasteiger partial charge on any atom is 0.223 e. The summed E-state index contributed by atoms with van der Waals surface area (Å²) in [6.07, 6.45) is 2.38. The van der Waals surface area contributed by atoms with Gasteiger partial charge in [0.05, 0.1) is 12.1 Å². The number of benzene rings is 2. The average Bonchev–Trinajstić information content (AvgIpc) is 3.20. The van der Waals surface area contributed by atoms with E-state index < -0.39 is 0 Å². The van der Waals surface area contributed by atoms with E-state index in [4.69, 9.17) is 9.47 Å². The maximum absolute atomic E-state index is 12.5. The number of aryl methyl sites for hydroxylation is 2. The van der Waals surface area contributed by atoms with Crippen LogP contribution >= 0.6 is 0 Å². The van der Waals surface area contributed by atoms with Gasteiger partial charge in [0.25, 0.3) is 0 Å². The molecule has 1 aromatic heterocycles. The third kappa shape index (κ3) is 4.15. The molecule has 0 unspecified atom stereocenters. The van der Waals surface area contributed by atoms with Crippen molar-refractivity contribution in [1.29, 1.82) is 0 Å². The summed E-state index contributed by atoms with van der Waals surface area (Å²) >= 11 is 0. The van der Waals surface area contributed by atoms with Crippen LogP contribution in [0.3, 0.4) is 0 Å². The fourth-order valence-electron chi connectivity index (χ4n) is 4.63. The Labute approximate surface area is 182 Å². The zero-order valence-electron chi connectivity index (χ0n) is 18.1. The van der Waals surface area contributed by atoms with Crippen LogP contribution in [0.4, 0.5) is 0 Å². The summed E-state index contributed by atoms with van der Waals surface area (Å²) in [6.45, 7) is 6.01. The lowest BCUT2D eigenvalue weighted by Crippen LogP contribution is -2.39. The summed E-state index contributed by atoms with van der Waals surface area (Å²) in [7, 11) is 0. The Bertz CT molecular complexity index is 1130. The lowest BCUT2D eigenvalue weighted by molar-refractivity contribution is -0.128. The van der Waals surface area contributed by atoms with Crippen LogP contribution in [0.15, 0.2) is 42.5 Å². The Morgan fingerprint density at radius 2 is 1.94 bits per heavy atom. The zero-order chi connectivity index (χ0) is 21.4. The van der Waals surface area contributed by atoms with E-state index in [1.165, 1.54) is 11.1 Å². The van der Waals surface area contributed by atoms with Crippen LogP contribution < -0.4 is 10.1 Å². The first-order valence-electron chi connectivity index (χ1n) is 11.1. The molecule has 31 heavy (non-hydrogen) atoms. The highest BCUT2D eigenvalue weighted by Crippen LogP contribution is 2.40. The van der Waals surface area contributed by atoms with E-state index in [2.05, 4.69) is 53.6 Å². The number of pyridine rings is 1. The number of ether oxygens (including phenoxy) is 2. The van der Waals surface area contributed by atoms with Gasteiger partial charge in [-0.15, -0.1) is 0 Å². The van der Waals surface area contributed by atoms with Crippen LogP contribution in [0.25, 0.3) is 22.0 Å². The lowest BCUT2D eigenvalue weighted by atomic mass is 9.96. The van der Waals surface area contributed by atoms with Gasteiger partial charge in [0.15, 0.2) is 0 Å². The second kappa shape index (κ2) is 8.31. The quantitative estimate of drug-likeness (QED) is 0.686. The van der Waals surface area contributed by atoms with Crippen molar-refractivity contribution < 1.29 is 14.3 Å². The molecule has 5 heteroatoms. The highest BCUT2D eigenvalue weighted by Gasteiger charge is 2.28. The zero-order valence-corrected chi connectivity index (χ0v) is 18.1. The number of carbonyl (C=O) groups is 1. The van der Waals surface area contributed by atoms with E-state index in [-0.39, 0.29) is 17.9 Å². The average molecular weight is 417 g/mol. The molecule has 1 N–H and O–H groups in total. The highest BCUT2D eigenvalue weighted by molar-refractivity contribution is 5.86. The van der Waals surface area contributed by atoms with Gasteiger partial charge in [0, 0.05) is 42.2 Å². The molecule has 2 aliphatic heterocycles. The minimum Gasteiger partial charge on any atom is -0.487 e. The number of aromatic nitrogens is 1. The van der Waals surface area contributed by atoms with Gasteiger partial charge in [-0.05, 0) is 67.6 Å². The normalized spacial score (nSPS) is 18.6. The minimum absolute atomic E-state index is 0.0379. The number of carbonyl (C=O) groups excluding carboxylic acids is 1. The number of amides is 1. The van der Waals surface area contributed by atoms with Gasteiger partial charge >= 0.3 is 0 Å². The molecule has 2 aromatic carbocycles. The Morgan fingerprint density at radius 1 is 1.10 bits per heavy atom. The van der Waals surface area contributed by atoms with Crippen molar-refractivity contribution in [1.82, 2.24) is 10.3 Å². The second-order valence-electron chi connectivity index (χ2n) is 8.74. The van der Waals surface area contributed by atoms with Gasteiger partial charge in [-0.2, -0.15) is 0 Å². The van der Waals surface area contributed by atoms with Crippen molar-refractivity contribution in [3.05, 3.63) is 59.3 Å². The van der Waals surface area contributed by atoms with E-state index in [1.54, 1.807) is 0 Å². The molecule has 0 aliphatic carbocycles. The SMILES string of the molecule is Cc1cc2c(c(-c3ccc4nc(C)ccc4c3)c1)O[C@H](CNC(=O)C1CCOCC1)C2. The van der Waals surface area contributed by atoms with Crippen LogP contribution in [-0.4, -0.2) is 36.8 Å². The molecule has 0 radical (unpaired) electrons. The highest BCUT2D eigenvalue weighted by atomic mass is 16.5. The molecule has 0 saturated carbocycles. The molecular weight excluding hydrogens is 388 g/mol. The summed E-state index contributed by atoms with van der Waals surface area (Å²) in [5.41, 5.74) is 6.68. The van der Waals surface area contributed by atoms with Crippen LogP contribution in [0.1, 0.15) is 29.7 Å². The first kappa shape index (κ1) is 20.0. The van der Waals surface area contributed by atoms with Crippen molar-refractivity contribution in [2.75, 3.05) is 19.8 Å². The Hall–Kier alpha value is -2.92. The van der Waals surface area contributed by atoms with E-state index >= 15 is 0 Å². The molecule has 5 nitrogen and oxygen atoms in total. The number of fused-ring (bicyclic) bond motifs is 2. The predicted octanol–water partition coefficient (Wildman–Crippen LogP) is 4.36. The Balaban J connectivity index is 1.35. The van der Waals surface area contributed by atoms with Gasteiger partial charge in [-0.25, -0.2) is 0 Å². The summed E-state index contributed by atoms with van der Waals surface area (Å²) in [6, 6.07) is 14.9. The molecule has 1 atom stereocenters. The summed E-state index contributed by atoms with van der Waals surface area (Å²) in [5, 5.41) is 4.23. The van der Waals surface area contributed by atoms with Crippen LogP contribution in [-0.2, 0) is 16.0 Å². The molecular formula is C26H28N2O3. The third-order valence-corrected chi connectivity index (χ3v) is 6.28. The van der Waals surface area contributed by atoms with Crippen molar-refractivity contribution >= 4 is 16.8 Å². The topological polar surface area (TPSA) is 60.5 Å². The fraction of sp³-hybridized carbons (Fsp3) is 0.385. The number of hydrogen-bond donors (Lipinski definition) is 1. The number of rotatable bonds is 4. The number of hydrogen-bond acceptors (Lipinski definition) is 4. The molecule has 0 bridgehead atoms. The first-order valence-corrected chi connectivity index (χ1v) is 11.1. The molecule has 5 rings (SSSR count). The second-order valence-corrected chi connectivity index (χ2v) is 8.74. The van der Waals surface area contributed by atoms with E-state index in [0.717, 1.165) is 52.7 Å². The molecule has 1 fully saturated rings. The van der Waals surface area contributed by atoms with Crippen molar-refractivity contribution in [3.8, 4) is 16.9 Å². The molecule has 0 spiro atoms. The summed E-state index contributed by atoms with van der Waals surface area (Å²) in [4.78, 5) is 17.1. The van der Waals surface area contributed by atoms with E-state index in [0.29, 0.717) is 19.8 Å². The van der Waals surface area contributed by atoms with Crippen molar-refractivity contribution in [2.24, 2.45) is 5.92 Å². The molecule has 1 amide bonds. The largest absolute Gasteiger partial charge is 0.487 e. The Morgan fingerprint density at radius 3 is 2.77 bits per heavy atom. The Kier molecular flexibility index (Phi) is 5.36. The van der Waals surface area contributed by atoms with Crippen LogP contribution in [0.2, 0.25) is 0 Å². The smallest absolute Gasteiger partial charge is 0.223 e. The van der Waals surface area contributed by atoms with E-state index in [9.17, 15) is 4.79 Å². The monoisotopic (exact) mass is 416 g/mol. The first-order chi connectivity index (χ1) is 15.1. The van der Waals surface area contributed by atoms with Gasteiger partial charge in [-0.3, -0.25) is 9.78 Å². The van der Waals surface area contributed by atoms with Gasteiger partial charge in [0.2, 0.25) is 5.91 Å². The molecule has 1 saturated heterocycles. The van der Waals surface area contributed by atoms with Gasteiger partial charge in [-0.1, -0.05) is 18.2 Å². The van der Waals surface area contributed by atoms with E-state index in [1.807, 2.05) is 13.0 Å². The molecule has 2 aliphatic rings. The van der Waals surface area contributed by atoms with Crippen molar-refractivity contribution in [3.63, 3.8) is 0 Å². The predicted molar refractivity (Wildman–Crippen MR) is 121 cm³/mol. The fourth-order valence-corrected chi connectivity index (χ4v) is 4.63.